The molecule has 0 saturated carbocycles. The van der Waals surface area contributed by atoms with Gasteiger partial charge in [-0.1, -0.05) is 42.5 Å². The van der Waals surface area contributed by atoms with Crippen molar-refractivity contribution in [1.82, 2.24) is 0 Å². The smallest absolute Gasteiger partial charge is 0.165 e. The fourth-order valence-electron chi connectivity index (χ4n) is 3.27. The highest BCUT2D eigenvalue weighted by atomic mass is 19.1. The molecule has 1 atom stereocenters. The maximum absolute atomic E-state index is 14.0. The summed E-state index contributed by atoms with van der Waals surface area (Å²) in [6, 6.07) is 22.0. The molecule has 1 N–H and O–H groups in total. The summed E-state index contributed by atoms with van der Waals surface area (Å²) in [4.78, 5) is 0. The van der Waals surface area contributed by atoms with E-state index in [1.165, 1.54) is 23.8 Å². The molecule has 24 heavy (non-hydrogen) atoms. The molecular weight excluding hydrogens is 301 g/mol. The summed E-state index contributed by atoms with van der Waals surface area (Å²) in [5.74, 6) is -0.0432. The van der Waals surface area contributed by atoms with Crippen molar-refractivity contribution in [2.45, 2.75) is 12.5 Å². The third-order valence-electron chi connectivity index (χ3n) is 4.54. The first kappa shape index (κ1) is 14.8. The van der Waals surface area contributed by atoms with Crippen molar-refractivity contribution in [3.63, 3.8) is 0 Å². The second-order valence-electron chi connectivity index (χ2n) is 6.03. The van der Waals surface area contributed by atoms with Gasteiger partial charge in [0.1, 0.15) is 0 Å². The maximum Gasteiger partial charge on any atom is 0.165 e. The molecule has 0 amide bonds. The summed E-state index contributed by atoms with van der Waals surface area (Å²) in [7, 11) is 1.48. The van der Waals surface area contributed by atoms with E-state index in [0.29, 0.717) is 0 Å². The van der Waals surface area contributed by atoms with Crippen molar-refractivity contribution < 1.29 is 9.13 Å². The maximum atomic E-state index is 14.0. The van der Waals surface area contributed by atoms with Gasteiger partial charge < -0.3 is 10.1 Å². The molecule has 4 rings (SSSR count). The summed E-state index contributed by atoms with van der Waals surface area (Å²) in [5, 5.41) is 3.49. The molecule has 0 fully saturated rings. The molecule has 2 nitrogen and oxygen atoms in total. The molecule has 0 aliphatic carbocycles. The zero-order chi connectivity index (χ0) is 16.5. The van der Waals surface area contributed by atoms with Crippen LogP contribution in [0.5, 0.6) is 5.75 Å². The summed E-state index contributed by atoms with van der Waals surface area (Å²) in [5.41, 5.74) is 5.73. The van der Waals surface area contributed by atoms with Crippen molar-refractivity contribution in [3.8, 4) is 16.9 Å². The first-order chi connectivity index (χ1) is 11.7. The molecule has 0 saturated heterocycles. The lowest BCUT2D eigenvalue weighted by atomic mass is 9.99. The quantitative estimate of drug-likeness (QED) is 0.715. The molecule has 0 spiro atoms. The number of methoxy groups -OCH3 is 1. The van der Waals surface area contributed by atoms with E-state index >= 15 is 0 Å². The van der Waals surface area contributed by atoms with Crippen molar-refractivity contribution in [2.24, 2.45) is 0 Å². The molecule has 120 valence electrons. The van der Waals surface area contributed by atoms with E-state index in [1.54, 1.807) is 12.1 Å². The molecule has 3 heteroatoms. The third kappa shape index (κ3) is 2.62. The second-order valence-corrected chi connectivity index (χ2v) is 6.03. The number of anilines is 1. The van der Waals surface area contributed by atoms with Crippen LogP contribution in [0, 0.1) is 5.82 Å². The zero-order valence-corrected chi connectivity index (χ0v) is 13.4. The fraction of sp³-hybridized carbons (Fsp3) is 0.143. The highest BCUT2D eigenvalue weighted by molar-refractivity contribution is 5.70. The van der Waals surface area contributed by atoms with Crippen LogP contribution in [-0.4, -0.2) is 7.11 Å². The minimum Gasteiger partial charge on any atom is -0.494 e. The van der Waals surface area contributed by atoms with Gasteiger partial charge in [-0.3, -0.25) is 0 Å². The number of hydrogen-bond acceptors (Lipinski definition) is 2. The molecule has 1 aliphatic rings. The van der Waals surface area contributed by atoms with Gasteiger partial charge in [-0.25, -0.2) is 4.39 Å². The molecule has 3 aromatic rings. The Bertz CT molecular complexity index is 876. The lowest BCUT2D eigenvalue weighted by Gasteiger charge is -2.12. The SMILES string of the molecule is COc1ccc(C2Cc3cc(-c4ccccc4)ccc3N2)cc1F. The average Bonchev–Trinajstić information content (AvgIpc) is 3.05. The van der Waals surface area contributed by atoms with E-state index in [9.17, 15) is 4.39 Å². The van der Waals surface area contributed by atoms with E-state index in [4.69, 9.17) is 4.74 Å². The molecule has 1 aliphatic heterocycles. The summed E-state index contributed by atoms with van der Waals surface area (Å²) < 4.78 is 19.0. The van der Waals surface area contributed by atoms with Gasteiger partial charge in [0.2, 0.25) is 0 Å². The Balaban J connectivity index is 1.61. The monoisotopic (exact) mass is 319 g/mol. The minimum atomic E-state index is -0.322. The lowest BCUT2D eigenvalue weighted by Crippen LogP contribution is -2.06. The van der Waals surface area contributed by atoms with Gasteiger partial charge in [0, 0.05) is 5.69 Å². The average molecular weight is 319 g/mol. The van der Waals surface area contributed by atoms with Crippen LogP contribution in [0.15, 0.2) is 66.7 Å². The van der Waals surface area contributed by atoms with Crippen molar-refractivity contribution in [3.05, 3.63) is 83.7 Å². The van der Waals surface area contributed by atoms with Crippen LogP contribution in [-0.2, 0) is 6.42 Å². The Morgan fingerprint density at radius 3 is 2.54 bits per heavy atom. The number of halogens is 1. The van der Waals surface area contributed by atoms with Gasteiger partial charge in [-0.05, 0) is 52.9 Å². The second kappa shape index (κ2) is 6.00. The van der Waals surface area contributed by atoms with Gasteiger partial charge in [0.25, 0.3) is 0 Å². The van der Waals surface area contributed by atoms with Crippen LogP contribution in [0.2, 0.25) is 0 Å². The standard InChI is InChI=1S/C21H18FNO/c1-24-21-10-8-16(12-18(21)22)20-13-17-11-15(7-9-19(17)23-20)14-5-3-2-4-6-14/h2-12,20,23H,13H2,1H3. The predicted octanol–water partition coefficient (Wildman–Crippen LogP) is 5.21. The Labute approximate surface area is 140 Å². The van der Waals surface area contributed by atoms with Gasteiger partial charge in [0.15, 0.2) is 11.6 Å². The zero-order valence-electron chi connectivity index (χ0n) is 13.4. The normalized spacial score (nSPS) is 15.7. The van der Waals surface area contributed by atoms with Crippen LogP contribution >= 0.6 is 0 Å². The van der Waals surface area contributed by atoms with E-state index < -0.39 is 0 Å². The Morgan fingerprint density at radius 1 is 0.958 bits per heavy atom. The van der Waals surface area contributed by atoms with E-state index in [2.05, 4.69) is 35.6 Å². The number of fused-ring (bicyclic) bond motifs is 1. The van der Waals surface area contributed by atoms with Crippen molar-refractivity contribution in [2.75, 3.05) is 12.4 Å². The topological polar surface area (TPSA) is 21.3 Å². The van der Waals surface area contributed by atoms with Crippen LogP contribution in [0.25, 0.3) is 11.1 Å². The van der Waals surface area contributed by atoms with Gasteiger partial charge in [-0.2, -0.15) is 0 Å². The highest BCUT2D eigenvalue weighted by Gasteiger charge is 2.23. The number of rotatable bonds is 3. The Morgan fingerprint density at radius 2 is 1.79 bits per heavy atom. The summed E-state index contributed by atoms with van der Waals surface area (Å²) in [6.07, 6.45) is 0.849. The predicted molar refractivity (Wildman–Crippen MR) is 94.9 cm³/mol. The van der Waals surface area contributed by atoms with Gasteiger partial charge in [0.05, 0.1) is 13.2 Å². The van der Waals surface area contributed by atoms with Gasteiger partial charge >= 0.3 is 0 Å². The van der Waals surface area contributed by atoms with E-state index in [-0.39, 0.29) is 17.6 Å². The van der Waals surface area contributed by atoms with Crippen molar-refractivity contribution in [1.29, 1.82) is 0 Å². The molecule has 1 heterocycles. The Kier molecular flexibility index (Phi) is 3.69. The molecule has 0 bridgehead atoms. The first-order valence-electron chi connectivity index (χ1n) is 8.03. The molecule has 1 unspecified atom stereocenters. The largest absolute Gasteiger partial charge is 0.494 e. The van der Waals surface area contributed by atoms with Gasteiger partial charge in [-0.15, -0.1) is 0 Å². The fourth-order valence-corrected chi connectivity index (χ4v) is 3.27. The number of hydrogen-bond donors (Lipinski definition) is 1. The lowest BCUT2D eigenvalue weighted by molar-refractivity contribution is 0.386. The van der Waals surface area contributed by atoms with Crippen molar-refractivity contribution >= 4 is 5.69 Å². The molecular formula is C21H18FNO. The van der Waals surface area contributed by atoms with Crippen LogP contribution in [0.1, 0.15) is 17.2 Å². The molecule has 0 radical (unpaired) electrons. The van der Waals surface area contributed by atoms with E-state index in [0.717, 1.165) is 17.7 Å². The van der Waals surface area contributed by atoms with Crippen LogP contribution < -0.4 is 10.1 Å². The summed E-state index contributed by atoms with van der Waals surface area (Å²) in [6.45, 7) is 0. The summed E-state index contributed by atoms with van der Waals surface area (Å²) >= 11 is 0. The third-order valence-corrected chi connectivity index (χ3v) is 4.54. The minimum absolute atomic E-state index is 0.0893. The molecule has 0 aromatic heterocycles. The van der Waals surface area contributed by atoms with Crippen LogP contribution in [0.3, 0.4) is 0 Å². The van der Waals surface area contributed by atoms with Crippen LogP contribution in [0.4, 0.5) is 10.1 Å². The Hall–Kier alpha value is -2.81. The number of benzene rings is 3. The van der Waals surface area contributed by atoms with E-state index in [1.807, 2.05) is 24.3 Å². The number of nitrogens with one attached hydrogen (secondary N) is 1. The molecule has 3 aromatic carbocycles. The highest BCUT2D eigenvalue weighted by Crippen LogP contribution is 2.37. The number of ether oxygens (including phenoxy) is 1. The first-order valence-corrected chi connectivity index (χ1v) is 8.03.